The van der Waals surface area contributed by atoms with Crippen LogP contribution in [-0.2, 0) is 15.0 Å². The smallest absolute Gasteiger partial charge is 0.304 e. The second-order valence-corrected chi connectivity index (χ2v) is 7.77. The van der Waals surface area contributed by atoms with Crippen LogP contribution in [0.3, 0.4) is 0 Å². The number of nitrogens with zero attached hydrogens (tertiary/aromatic N) is 2. The van der Waals surface area contributed by atoms with Crippen molar-refractivity contribution in [1.82, 2.24) is 13.9 Å². The van der Waals surface area contributed by atoms with Gasteiger partial charge in [0.05, 0.1) is 10.6 Å². The van der Waals surface area contributed by atoms with Crippen molar-refractivity contribution in [2.75, 3.05) is 19.6 Å². The summed E-state index contributed by atoms with van der Waals surface area (Å²) in [7, 11) is -3.76. The van der Waals surface area contributed by atoms with Crippen LogP contribution in [0.25, 0.3) is 0 Å². The number of amides is 2. The Hall–Kier alpha value is -1.16. The molecule has 2 aliphatic heterocycles. The number of hydrogen-bond donors (Lipinski definition) is 1. The molecule has 2 fully saturated rings. The Morgan fingerprint density at radius 2 is 2.09 bits per heavy atom. The minimum absolute atomic E-state index is 0.0167. The summed E-state index contributed by atoms with van der Waals surface area (Å²) in [6.45, 7) is 0.307. The molecule has 0 radical (unpaired) electrons. The highest BCUT2D eigenvalue weighted by Gasteiger charge is 2.47. The van der Waals surface area contributed by atoms with Gasteiger partial charge in [-0.25, -0.2) is 4.72 Å². The number of nitrogens with one attached hydrogen (secondary N) is 1. The first-order chi connectivity index (χ1) is 10.3. The van der Waals surface area contributed by atoms with Gasteiger partial charge in [-0.15, -0.1) is 0 Å². The van der Waals surface area contributed by atoms with Crippen molar-refractivity contribution in [3.8, 4) is 0 Å². The van der Waals surface area contributed by atoms with Crippen molar-refractivity contribution in [1.29, 1.82) is 0 Å². The zero-order chi connectivity index (χ0) is 16.1. The Labute approximate surface area is 140 Å². The van der Waals surface area contributed by atoms with Gasteiger partial charge in [0.2, 0.25) is 0 Å². The van der Waals surface area contributed by atoms with E-state index in [2.05, 4.69) is 15.9 Å². The Balaban J connectivity index is 1.85. The summed E-state index contributed by atoms with van der Waals surface area (Å²) in [5.74, 6) is -0.909. The molecule has 2 amide bonds. The average molecular weight is 409 g/mol. The van der Waals surface area contributed by atoms with Crippen molar-refractivity contribution in [2.24, 2.45) is 0 Å². The lowest BCUT2D eigenvalue weighted by Gasteiger charge is -2.34. The molecule has 1 unspecified atom stereocenters. The van der Waals surface area contributed by atoms with Crippen molar-refractivity contribution in [2.45, 2.75) is 6.04 Å². The molecule has 0 aromatic heterocycles. The van der Waals surface area contributed by atoms with Crippen LogP contribution >= 0.6 is 27.5 Å². The highest BCUT2D eigenvalue weighted by molar-refractivity contribution is 9.10. The number of rotatable bonds is 1. The lowest BCUT2D eigenvalue weighted by atomic mass is 10.1. The van der Waals surface area contributed by atoms with Crippen molar-refractivity contribution in [3.05, 3.63) is 33.3 Å². The number of fused-ring (bicyclic) bond motifs is 1. The number of hydrogen-bond acceptors (Lipinski definition) is 4. The number of carbonyl (C=O) groups excluding carboxylic acids is 2. The fraction of sp³-hybridized carbons (Fsp3) is 0.333. The van der Waals surface area contributed by atoms with E-state index in [0.717, 1.165) is 4.31 Å². The van der Waals surface area contributed by atoms with Crippen LogP contribution < -0.4 is 4.72 Å². The Bertz CT molecular complexity index is 770. The minimum atomic E-state index is -3.76. The molecule has 0 spiro atoms. The summed E-state index contributed by atoms with van der Waals surface area (Å²) in [6, 6.07) is 4.05. The summed E-state index contributed by atoms with van der Waals surface area (Å²) >= 11 is 9.25. The lowest BCUT2D eigenvalue weighted by molar-refractivity contribution is -0.122. The molecule has 1 N–H and O–H groups in total. The van der Waals surface area contributed by atoms with Crippen LogP contribution in [0.2, 0.25) is 5.02 Å². The van der Waals surface area contributed by atoms with Crippen LogP contribution in [-0.4, -0.2) is 55.1 Å². The molecule has 1 atom stereocenters. The van der Waals surface area contributed by atoms with Gasteiger partial charge in [0, 0.05) is 24.1 Å². The Morgan fingerprint density at radius 3 is 2.82 bits per heavy atom. The minimum Gasteiger partial charge on any atom is -0.335 e. The van der Waals surface area contributed by atoms with Gasteiger partial charge in [-0.3, -0.25) is 9.59 Å². The number of benzene rings is 1. The standard InChI is InChI=1S/C12H11BrClN3O4S/c13-10-7(2-1-3-8(10)14)12(19)16-4-5-17-9(6-16)11(18)15-22(17,20)21/h1-3,9H,4-6H2,(H,15,18). The van der Waals surface area contributed by atoms with E-state index in [1.165, 1.54) is 4.90 Å². The molecule has 1 aromatic rings. The molecule has 0 bridgehead atoms. The topological polar surface area (TPSA) is 86.8 Å². The molecule has 7 nitrogen and oxygen atoms in total. The van der Waals surface area contributed by atoms with Crippen LogP contribution in [0.5, 0.6) is 0 Å². The van der Waals surface area contributed by atoms with E-state index in [4.69, 9.17) is 11.6 Å². The SMILES string of the molecule is O=C1NS(=O)(=O)N2CCN(C(=O)c3cccc(Cl)c3Br)CC12. The molecular formula is C12H11BrClN3O4S. The van der Waals surface area contributed by atoms with Crippen LogP contribution in [0.1, 0.15) is 10.4 Å². The second kappa shape index (κ2) is 5.48. The van der Waals surface area contributed by atoms with E-state index in [0.29, 0.717) is 15.1 Å². The van der Waals surface area contributed by atoms with E-state index in [-0.39, 0.29) is 25.5 Å². The molecule has 2 saturated heterocycles. The van der Waals surface area contributed by atoms with Crippen LogP contribution in [0.15, 0.2) is 22.7 Å². The molecule has 10 heteroatoms. The van der Waals surface area contributed by atoms with Crippen molar-refractivity contribution >= 4 is 49.6 Å². The molecule has 0 aliphatic carbocycles. The molecule has 0 saturated carbocycles. The van der Waals surface area contributed by atoms with E-state index < -0.39 is 22.2 Å². The zero-order valence-corrected chi connectivity index (χ0v) is 14.3. The van der Waals surface area contributed by atoms with Gasteiger partial charge in [-0.1, -0.05) is 17.7 Å². The summed E-state index contributed by atoms with van der Waals surface area (Å²) < 4.78 is 26.9. The third-order valence-electron chi connectivity index (χ3n) is 3.64. The van der Waals surface area contributed by atoms with Gasteiger partial charge >= 0.3 is 10.2 Å². The average Bonchev–Trinajstić information content (AvgIpc) is 2.71. The summed E-state index contributed by atoms with van der Waals surface area (Å²) in [5.41, 5.74) is 0.377. The molecule has 2 heterocycles. The number of carbonyl (C=O) groups is 2. The molecule has 22 heavy (non-hydrogen) atoms. The van der Waals surface area contributed by atoms with Gasteiger partial charge in [-0.2, -0.15) is 12.7 Å². The van der Waals surface area contributed by atoms with Crippen molar-refractivity contribution in [3.63, 3.8) is 0 Å². The van der Waals surface area contributed by atoms with Gasteiger partial charge < -0.3 is 4.90 Å². The third kappa shape index (κ3) is 2.51. The molecule has 1 aromatic carbocycles. The summed E-state index contributed by atoms with van der Waals surface area (Å²) in [6.07, 6.45) is 0. The largest absolute Gasteiger partial charge is 0.335 e. The van der Waals surface area contributed by atoms with Gasteiger partial charge in [0.25, 0.3) is 11.8 Å². The maximum absolute atomic E-state index is 12.6. The predicted molar refractivity (Wildman–Crippen MR) is 82.6 cm³/mol. The van der Waals surface area contributed by atoms with Gasteiger partial charge in [0.1, 0.15) is 6.04 Å². The van der Waals surface area contributed by atoms with E-state index in [1.807, 2.05) is 4.72 Å². The molecule has 3 rings (SSSR count). The normalized spacial score (nSPS) is 24.0. The van der Waals surface area contributed by atoms with Crippen LogP contribution in [0.4, 0.5) is 0 Å². The van der Waals surface area contributed by atoms with Crippen molar-refractivity contribution < 1.29 is 18.0 Å². The van der Waals surface area contributed by atoms with Gasteiger partial charge in [-0.05, 0) is 28.1 Å². The summed E-state index contributed by atoms with van der Waals surface area (Å²) in [4.78, 5) is 25.8. The Morgan fingerprint density at radius 1 is 1.36 bits per heavy atom. The quantitative estimate of drug-likeness (QED) is 0.737. The first kappa shape index (κ1) is 15.7. The first-order valence-electron chi connectivity index (χ1n) is 6.38. The number of halogens is 2. The molecule has 2 aliphatic rings. The lowest BCUT2D eigenvalue weighted by Crippen LogP contribution is -2.54. The van der Waals surface area contributed by atoms with E-state index in [9.17, 15) is 18.0 Å². The molecule has 118 valence electrons. The third-order valence-corrected chi connectivity index (χ3v) is 6.55. The monoisotopic (exact) mass is 407 g/mol. The highest BCUT2D eigenvalue weighted by atomic mass is 79.9. The fourth-order valence-electron chi connectivity index (χ4n) is 2.55. The number of piperazine rings is 1. The summed E-state index contributed by atoms with van der Waals surface area (Å²) in [5, 5.41) is 0.408. The maximum atomic E-state index is 12.6. The fourth-order valence-corrected chi connectivity index (χ4v) is 4.48. The zero-order valence-electron chi connectivity index (χ0n) is 11.1. The maximum Gasteiger partial charge on any atom is 0.304 e. The van der Waals surface area contributed by atoms with Crippen LogP contribution in [0, 0.1) is 0 Å². The van der Waals surface area contributed by atoms with E-state index in [1.54, 1.807) is 18.2 Å². The Kier molecular flexibility index (Phi) is 3.92. The van der Waals surface area contributed by atoms with Gasteiger partial charge in [0.15, 0.2) is 0 Å². The second-order valence-electron chi connectivity index (χ2n) is 4.95. The highest BCUT2D eigenvalue weighted by Crippen LogP contribution is 2.28. The van der Waals surface area contributed by atoms with E-state index >= 15 is 0 Å². The predicted octanol–water partition coefficient (Wildman–Crippen LogP) is 0.604. The first-order valence-corrected chi connectivity index (χ1v) is 8.99. The molecular weight excluding hydrogens is 398 g/mol.